The second-order valence-electron chi connectivity index (χ2n) is 3.32. The van der Waals surface area contributed by atoms with Crippen LogP contribution in [-0.2, 0) is 11.3 Å². The van der Waals surface area contributed by atoms with Crippen LogP contribution in [0.2, 0.25) is 0 Å². The zero-order valence-corrected chi connectivity index (χ0v) is 7.37. The molecule has 0 aliphatic heterocycles. The average Bonchev–Trinajstić information content (AvgIpc) is 2.39. The van der Waals surface area contributed by atoms with E-state index >= 15 is 0 Å². The molecule has 0 fully saturated rings. The van der Waals surface area contributed by atoms with Gasteiger partial charge in [-0.1, -0.05) is 0 Å². The first-order valence-electron chi connectivity index (χ1n) is 3.80. The highest BCUT2D eigenvalue weighted by molar-refractivity contribution is 4.91. The molecule has 0 saturated heterocycles. The third kappa shape index (κ3) is 2.39. The quantitative estimate of drug-likeness (QED) is 0.647. The summed E-state index contributed by atoms with van der Waals surface area (Å²) in [6.45, 7) is 5.05. The SMILES string of the molecule is COC(C)(C)Cn1cccc1. The van der Waals surface area contributed by atoms with Crippen molar-refractivity contribution in [3.05, 3.63) is 24.5 Å². The summed E-state index contributed by atoms with van der Waals surface area (Å²) in [6.07, 6.45) is 4.08. The maximum atomic E-state index is 5.29. The van der Waals surface area contributed by atoms with E-state index in [4.69, 9.17) is 4.74 Å². The second kappa shape index (κ2) is 3.09. The van der Waals surface area contributed by atoms with Crippen LogP contribution in [0.3, 0.4) is 0 Å². The van der Waals surface area contributed by atoms with Crippen molar-refractivity contribution in [1.82, 2.24) is 4.57 Å². The Labute approximate surface area is 67.8 Å². The highest BCUT2D eigenvalue weighted by Gasteiger charge is 2.15. The highest BCUT2D eigenvalue weighted by atomic mass is 16.5. The zero-order chi connectivity index (χ0) is 8.32. The van der Waals surface area contributed by atoms with Crippen LogP contribution in [0.15, 0.2) is 24.5 Å². The van der Waals surface area contributed by atoms with E-state index < -0.39 is 0 Å². The smallest absolute Gasteiger partial charge is 0.0800 e. The molecule has 0 saturated carbocycles. The van der Waals surface area contributed by atoms with Crippen molar-refractivity contribution < 1.29 is 4.74 Å². The standard InChI is InChI=1S/C9H15NO/c1-9(2,11-3)8-10-6-4-5-7-10/h4-7H,8H2,1-3H3. The van der Waals surface area contributed by atoms with Crippen LogP contribution in [-0.4, -0.2) is 17.3 Å². The molecule has 1 heterocycles. The molecule has 0 aromatic carbocycles. The molecule has 0 spiro atoms. The van der Waals surface area contributed by atoms with Crippen LogP contribution >= 0.6 is 0 Å². The molecule has 1 rings (SSSR count). The molecule has 0 radical (unpaired) electrons. The van der Waals surface area contributed by atoms with E-state index in [-0.39, 0.29) is 5.60 Å². The van der Waals surface area contributed by atoms with Gasteiger partial charge in [0.25, 0.3) is 0 Å². The largest absolute Gasteiger partial charge is 0.377 e. The van der Waals surface area contributed by atoms with Crippen molar-refractivity contribution in [1.29, 1.82) is 0 Å². The van der Waals surface area contributed by atoms with Gasteiger partial charge in [0.2, 0.25) is 0 Å². The average molecular weight is 153 g/mol. The van der Waals surface area contributed by atoms with E-state index in [9.17, 15) is 0 Å². The van der Waals surface area contributed by atoms with E-state index in [0.29, 0.717) is 0 Å². The molecule has 1 aromatic heterocycles. The summed E-state index contributed by atoms with van der Waals surface area (Å²) in [5.74, 6) is 0. The van der Waals surface area contributed by atoms with Crippen LogP contribution < -0.4 is 0 Å². The number of hydrogen-bond donors (Lipinski definition) is 0. The van der Waals surface area contributed by atoms with E-state index in [0.717, 1.165) is 6.54 Å². The van der Waals surface area contributed by atoms with Crippen LogP contribution in [0, 0.1) is 0 Å². The molecule has 0 aliphatic carbocycles. The van der Waals surface area contributed by atoms with Crippen molar-refractivity contribution >= 4 is 0 Å². The summed E-state index contributed by atoms with van der Waals surface area (Å²) >= 11 is 0. The Morgan fingerprint density at radius 2 is 1.82 bits per heavy atom. The summed E-state index contributed by atoms with van der Waals surface area (Å²) in [5, 5.41) is 0. The minimum atomic E-state index is -0.0704. The summed E-state index contributed by atoms with van der Waals surface area (Å²) in [4.78, 5) is 0. The van der Waals surface area contributed by atoms with Gasteiger partial charge in [0.1, 0.15) is 0 Å². The first-order chi connectivity index (χ1) is 5.14. The highest BCUT2D eigenvalue weighted by Crippen LogP contribution is 2.10. The number of rotatable bonds is 3. The summed E-state index contributed by atoms with van der Waals surface area (Å²) in [7, 11) is 1.74. The van der Waals surface area contributed by atoms with E-state index in [1.807, 2.05) is 24.5 Å². The fraction of sp³-hybridized carbons (Fsp3) is 0.556. The molecule has 2 nitrogen and oxygen atoms in total. The van der Waals surface area contributed by atoms with E-state index in [1.165, 1.54) is 0 Å². The molecule has 11 heavy (non-hydrogen) atoms. The molecular weight excluding hydrogens is 138 g/mol. The number of ether oxygens (including phenoxy) is 1. The number of aromatic nitrogens is 1. The van der Waals surface area contributed by atoms with Gasteiger partial charge < -0.3 is 9.30 Å². The van der Waals surface area contributed by atoms with Crippen LogP contribution in [0.25, 0.3) is 0 Å². The van der Waals surface area contributed by atoms with Crippen molar-refractivity contribution in [3.63, 3.8) is 0 Å². The monoisotopic (exact) mass is 153 g/mol. The Morgan fingerprint density at radius 3 is 2.27 bits per heavy atom. The van der Waals surface area contributed by atoms with Gasteiger partial charge in [-0.3, -0.25) is 0 Å². The fourth-order valence-corrected chi connectivity index (χ4v) is 0.980. The predicted octanol–water partition coefficient (Wildman–Crippen LogP) is 1.91. The number of nitrogens with zero attached hydrogens (tertiary/aromatic N) is 1. The minimum absolute atomic E-state index is 0.0704. The predicted molar refractivity (Wildman–Crippen MR) is 45.5 cm³/mol. The van der Waals surface area contributed by atoms with Gasteiger partial charge in [-0.05, 0) is 26.0 Å². The molecule has 0 aliphatic rings. The van der Waals surface area contributed by atoms with Gasteiger partial charge in [-0.25, -0.2) is 0 Å². The lowest BCUT2D eigenvalue weighted by atomic mass is 10.1. The van der Waals surface area contributed by atoms with Gasteiger partial charge in [0.05, 0.1) is 12.1 Å². The summed E-state index contributed by atoms with van der Waals surface area (Å²) < 4.78 is 7.40. The van der Waals surface area contributed by atoms with Crippen molar-refractivity contribution in [3.8, 4) is 0 Å². The van der Waals surface area contributed by atoms with Gasteiger partial charge >= 0.3 is 0 Å². The molecule has 0 N–H and O–H groups in total. The number of hydrogen-bond acceptors (Lipinski definition) is 1. The first-order valence-corrected chi connectivity index (χ1v) is 3.80. The Bertz CT molecular complexity index is 201. The molecule has 0 unspecified atom stereocenters. The van der Waals surface area contributed by atoms with Crippen LogP contribution in [0.4, 0.5) is 0 Å². The maximum Gasteiger partial charge on any atom is 0.0800 e. The summed E-state index contributed by atoms with van der Waals surface area (Å²) in [5.41, 5.74) is -0.0704. The molecule has 62 valence electrons. The Balaban J connectivity index is 2.56. The fourth-order valence-electron chi connectivity index (χ4n) is 0.980. The maximum absolute atomic E-state index is 5.29. The normalized spacial score (nSPS) is 11.9. The lowest BCUT2D eigenvalue weighted by Crippen LogP contribution is -2.28. The van der Waals surface area contributed by atoms with Gasteiger partial charge in [0, 0.05) is 19.5 Å². The molecule has 0 amide bonds. The minimum Gasteiger partial charge on any atom is -0.377 e. The third-order valence-electron chi connectivity index (χ3n) is 1.78. The second-order valence-corrected chi connectivity index (χ2v) is 3.32. The zero-order valence-electron chi connectivity index (χ0n) is 7.37. The molecule has 0 atom stereocenters. The Hall–Kier alpha value is -0.760. The van der Waals surface area contributed by atoms with Crippen molar-refractivity contribution in [2.24, 2.45) is 0 Å². The van der Waals surface area contributed by atoms with Crippen LogP contribution in [0.1, 0.15) is 13.8 Å². The Morgan fingerprint density at radius 1 is 1.27 bits per heavy atom. The van der Waals surface area contributed by atoms with E-state index in [2.05, 4.69) is 18.4 Å². The molecule has 1 aromatic rings. The third-order valence-corrected chi connectivity index (χ3v) is 1.78. The van der Waals surface area contributed by atoms with E-state index in [1.54, 1.807) is 7.11 Å². The first kappa shape index (κ1) is 8.34. The van der Waals surface area contributed by atoms with Crippen molar-refractivity contribution in [2.75, 3.05) is 7.11 Å². The topological polar surface area (TPSA) is 14.2 Å². The lowest BCUT2D eigenvalue weighted by molar-refractivity contribution is 0.00825. The van der Waals surface area contributed by atoms with Gasteiger partial charge in [-0.15, -0.1) is 0 Å². The van der Waals surface area contributed by atoms with Gasteiger partial charge in [-0.2, -0.15) is 0 Å². The molecule has 0 bridgehead atoms. The summed E-state index contributed by atoms with van der Waals surface area (Å²) in [6, 6.07) is 4.04. The molecular formula is C9H15NO. The lowest BCUT2D eigenvalue weighted by Gasteiger charge is -2.23. The van der Waals surface area contributed by atoms with Crippen LogP contribution in [0.5, 0.6) is 0 Å². The molecule has 2 heteroatoms. The number of methoxy groups -OCH3 is 1. The Kier molecular flexibility index (Phi) is 2.35. The van der Waals surface area contributed by atoms with Crippen molar-refractivity contribution in [2.45, 2.75) is 26.0 Å². The van der Waals surface area contributed by atoms with Gasteiger partial charge in [0.15, 0.2) is 0 Å².